The Morgan fingerprint density at radius 3 is 2.48 bits per heavy atom. The quantitative estimate of drug-likeness (QED) is 0.506. The summed E-state index contributed by atoms with van der Waals surface area (Å²) in [5.41, 5.74) is 16.8. The number of hydrogen-bond acceptors (Lipinski definition) is 6. The van der Waals surface area contributed by atoms with E-state index in [1.807, 2.05) is 18.2 Å². The lowest BCUT2D eigenvalue weighted by Gasteiger charge is -2.34. The van der Waals surface area contributed by atoms with Crippen LogP contribution in [-0.2, 0) is 0 Å². The number of fused-ring (bicyclic) bond motifs is 1. The van der Waals surface area contributed by atoms with Crippen LogP contribution in [0.4, 0.5) is 17.5 Å². The molecule has 1 amide bonds. The molecule has 1 aliphatic heterocycles. The normalized spacial score (nSPS) is 13.5. The molecule has 8 heteroatoms. The van der Waals surface area contributed by atoms with Crippen LogP contribution >= 0.6 is 11.6 Å². The zero-order valence-corrected chi connectivity index (χ0v) is 19.6. The van der Waals surface area contributed by atoms with E-state index >= 15 is 0 Å². The summed E-state index contributed by atoms with van der Waals surface area (Å²) in [5, 5.41) is 3.20. The number of para-hydroxylation sites is 1. The summed E-state index contributed by atoms with van der Waals surface area (Å²) < 4.78 is 0. The van der Waals surface area contributed by atoms with Crippen molar-refractivity contribution in [3.63, 3.8) is 0 Å². The molecule has 7 nitrogen and oxygen atoms in total. The van der Waals surface area contributed by atoms with Crippen LogP contribution in [0.5, 0.6) is 0 Å². The molecule has 0 fully saturated rings. The number of rotatable bonds is 3. The fraction of sp³-hybridized carbons (Fsp3) is 0.160. The topological polar surface area (TPSA) is 110 Å². The number of allylic oxidation sites excluding steroid dienone is 2. The van der Waals surface area contributed by atoms with Crippen LogP contribution in [0, 0.1) is 0 Å². The van der Waals surface area contributed by atoms with Crippen molar-refractivity contribution in [3.8, 4) is 0 Å². The molecule has 5 N–H and O–H groups in total. The number of nitrogens with two attached hydrogens (primary N) is 2. The lowest BCUT2D eigenvalue weighted by molar-refractivity contribution is 0.0963. The van der Waals surface area contributed by atoms with Gasteiger partial charge in [-0.2, -0.15) is 4.98 Å². The van der Waals surface area contributed by atoms with Crippen molar-refractivity contribution in [2.45, 2.75) is 20.3 Å². The molecule has 0 saturated heterocycles. The van der Waals surface area contributed by atoms with Gasteiger partial charge in [0.25, 0.3) is 5.91 Å². The Labute approximate surface area is 198 Å². The largest absolute Gasteiger partial charge is 0.383 e. The predicted octanol–water partition coefficient (Wildman–Crippen LogP) is 4.97. The van der Waals surface area contributed by atoms with Crippen LogP contribution in [0.25, 0.3) is 11.8 Å². The minimum atomic E-state index is -0.326. The maximum atomic E-state index is 11.0. The molecule has 1 aliphatic rings. The zero-order chi connectivity index (χ0) is 24.0. The first-order valence-electron chi connectivity index (χ1n) is 10.5. The molecule has 0 spiro atoms. The lowest BCUT2D eigenvalue weighted by Crippen LogP contribution is -2.24. The number of amides is 1. The van der Waals surface area contributed by atoms with E-state index in [1.54, 1.807) is 0 Å². The minimum absolute atomic E-state index is 0.0557. The fourth-order valence-electron chi connectivity index (χ4n) is 3.58. The van der Waals surface area contributed by atoms with Crippen molar-refractivity contribution in [2.75, 3.05) is 23.4 Å². The molecule has 3 aromatic rings. The van der Waals surface area contributed by atoms with E-state index in [-0.39, 0.29) is 23.2 Å². The fourth-order valence-corrected chi connectivity index (χ4v) is 3.86. The van der Waals surface area contributed by atoms with Crippen LogP contribution in [0.2, 0.25) is 5.02 Å². The number of hydrogen-bond donors (Lipinski definition) is 3. The van der Waals surface area contributed by atoms with E-state index in [9.17, 15) is 4.79 Å². The summed E-state index contributed by atoms with van der Waals surface area (Å²) in [6.45, 7) is 4.25. The molecule has 170 valence electrons. The summed E-state index contributed by atoms with van der Waals surface area (Å²) in [4.78, 5) is 20.6. The van der Waals surface area contributed by atoms with Gasteiger partial charge < -0.3 is 21.7 Å². The Morgan fingerprint density at radius 1 is 1.15 bits per heavy atom. The van der Waals surface area contributed by atoms with Gasteiger partial charge in [-0.25, -0.2) is 4.98 Å². The number of carbonyl (C=O) groups is 1. The Balaban J connectivity index is 0.000000218. The number of aromatic nitrogens is 2. The Hall–Kier alpha value is -3.84. The maximum Gasteiger partial charge on any atom is 0.256 e. The summed E-state index contributed by atoms with van der Waals surface area (Å²) in [5.74, 6) is -0.186. The van der Waals surface area contributed by atoms with E-state index in [1.165, 1.54) is 30.2 Å². The molecule has 0 saturated carbocycles. The van der Waals surface area contributed by atoms with E-state index in [0.717, 1.165) is 22.7 Å². The SMILES string of the molecule is C/C=C1\c2c(Cl)cccc2C=C(CC)N1c1ccccc1.CNC(=O)c1cnc(N)nc1N. The van der Waals surface area contributed by atoms with Crippen LogP contribution in [-0.4, -0.2) is 22.9 Å². The highest BCUT2D eigenvalue weighted by molar-refractivity contribution is 6.33. The monoisotopic (exact) mass is 462 g/mol. The summed E-state index contributed by atoms with van der Waals surface area (Å²) >= 11 is 6.46. The van der Waals surface area contributed by atoms with Gasteiger partial charge in [-0.3, -0.25) is 4.79 Å². The van der Waals surface area contributed by atoms with Gasteiger partial charge >= 0.3 is 0 Å². The maximum absolute atomic E-state index is 11.0. The first-order valence-corrected chi connectivity index (χ1v) is 10.9. The molecule has 0 unspecified atom stereocenters. The van der Waals surface area contributed by atoms with Crippen molar-refractivity contribution < 1.29 is 4.79 Å². The van der Waals surface area contributed by atoms with Gasteiger partial charge in [0.05, 0.1) is 16.3 Å². The van der Waals surface area contributed by atoms with E-state index in [2.05, 4.69) is 76.5 Å². The number of nitrogens with one attached hydrogen (secondary N) is 1. The van der Waals surface area contributed by atoms with Crippen molar-refractivity contribution in [3.05, 3.63) is 88.2 Å². The zero-order valence-electron chi connectivity index (χ0n) is 18.8. The van der Waals surface area contributed by atoms with Crippen molar-refractivity contribution >= 4 is 46.7 Å². The first-order chi connectivity index (χ1) is 15.9. The Kier molecular flexibility index (Phi) is 7.69. The van der Waals surface area contributed by atoms with Gasteiger partial charge in [0.1, 0.15) is 5.82 Å². The van der Waals surface area contributed by atoms with Gasteiger partial charge in [0.15, 0.2) is 0 Å². The van der Waals surface area contributed by atoms with Crippen molar-refractivity contribution in [1.29, 1.82) is 0 Å². The summed E-state index contributed by atoms with van der Waals surface area (Å²) in [7, 11) is 1.50. The third-order valence-electron chi connectivity index (χ3n) is 5.11. The summed E-state index contributed by atoms with van der Waals surface area (Å²) in [6, 6.07) is 16.5. The van der Waals surface area contributed by atoms with Crippen LogP contribution in [0.1, 0.15) is 41.8 Å². The van der Waals surface area contributed by atoms with Crippen molar-refractivity contribution in [2.24, 2.45) is 0 Å². The second-order valence-electron chi connectivity index (χ2n) is 7.14. The molecule has 33 heavy (non-hydrogen) atoms. The highest BCUT2D eigenvalue weighted by Gasteiger charge is 2.24. The molecule has 4 rings (SSSR count). The number of anilines is 3. The predicted molar refractivity (Wildman–Crippen MR) is 137 cm³/mol. The van der Waals surface area contributed by atoms with Gasteiger partial charge in [-0.05, 0) is 43.2 Å². The van der Waals surface area contributed by atoms with Crippen molar-refractivity contribution in [1.82, 2.24) is 15.3 Å². The van der Waals surface area contributed by atoms with E-state index in [4.69, 9.17) is 23.1 Å². The van der Waals surface area contributed by atoms with E-state index < -0.39 is 0 Å². The molecular formula is C25H27ClN6O. The highest BCUT2D eigenvalue weighted by Crippen LogP contribution is 2.41. The highest BCUT2D eigenvalue weighted by atomic mass is 35.5. The standard InChI is InChI=1S/C19H18ClN.C6H9N5O/c1-3-15-13-14-9-8-12-17(20)19(14)18(4-2)21(15)16-10-6-5-7-11-16;1-9-5(12)3-2-10-6(8)11-4(3)7/h4-13H,3H2,1-2H3;2H,1H3,(H,9,12)(H4,7,8,10,11)/b18-4+;. The first kappa shape index (κ1) is 23.8. The minimum Gasteiger partial charge on any atom is -0.383 e. The number of carbonyl (C=O) groups excluding carboxylic acids is 1. The average Bonchev–Trinajstić information content (AvgIpc) is 2.83. The molecule has 0 radical (unpaired) electrons. The molecule has 0 bridgehead atoms. The van der Waals surface area contributed by atoms with Gasteiger partial charge in [0.2, 0.25) is 5.95 Å². The Bertz CT molecular complexity index is 1210. The molecular weight excluding hydrogens is 436 g/mol. The van der Waals surface area contributed by atoms with Crippen LogP contribution < -0.4 is 21.7 Å². The van der Waals surface area contributed by atoms with Gasteiger partial charge in [-0.15, -0.1) is 0 Å². The molecule has 2 heterocycles. The molecule has 0 aliphatic carbocycles. The molecule has 1 aromatic heterocycles. The molecule has 2 aromatic carbocycles. The number of nitrogen functional groups attached to an aromatic ring is 2. The number of benzene rings is 2. The van der Waals surface area contributed by atoms with Crippen LogP contribution in [0.3, 0.4) is 0 Å². The average molecular weight is 463 g/mol. The third kappa shape index (κ3) is 5.15. The third-order valence-corrected chi connectivity index (χ3v) is 5.43. The van der Waals surface area contributed by atoms with Crippen LogP contribution in [0.15, 0.2) is 66.5 Å². The van der Waals surface area contributed by atoms with E-state index in [0.29, 0.717) is 0 Å². The molecule has 0 atom stereocenters. The smallest absolute Gasteiger partial charge is 0.256 e. The van der Waals surface area contributed by atoms with Gasteiger partial charge in [0, 0.05) is 30.2 Å². The summed E-state index contributed by atoms with van der Waals surface area (Å²) in [6.07, 6.45) is 6.64. The van der Waals surface area contributed by atoms with Gasteiger partial charge in [-0.1, -0.05) is 54.9 Å². The lowest BCUT2D eigenvalue weighted by atomic mass is 9.96. The number of halogens is 1. The Morgan fingerprint density at radius 2 is 1.88 bits per heavy atom. The second-order valence-corrected chi connectivity index (χ2v) is 7.55. The second kappa shape index (κ2) is 10.7. The number of nitrogens with zero attached hydrogens (tertiary/aromatic N) is 3.